The Kier molecular flexibility index (Phi) is 4.59. The Bertz CT molecular complexity index is 803. The van der Waals surface area contributed by atoms with Crippen LogP contribution in [0.3, 0.4) is 0 Å². The molecule has 0 atom stereocenters. The van der Waals surface area contributed by atoms with E-state index in [9.17, 15) is 17.2 Å². The highest BCUT2D eigenvalue weighted by Crippen LogP contribution is 2.27. The van der Waals surface area contributed by atoms with Crippen molar-refractivity contribution in [2.24, 2.45) is 7.05 Å². The van der Waals surface area contributed by atoms with Crippen LogP contribution in [0.4, 0.5) is 8.78 Å². The largest absolute Gasteiger partial charge is 0.274 e. The summed E-state index contributed by atoms with van der Waals surface area (Å²) in [6.07, 6.45) is 1.38. The molecule has 1 aromatic carbocycles. The molecule has 0 aliphatic heterocycles. The smallest absolute Gasteiger partial charge is 0.244 e. The van der Waals surface area contributed by atoms with Gasteiger partial charge in [-0.25, -0.2) is 21.9 Å². The van der Waals surface area contributed by atoms with Gasteiger partial charge in [-0.15, -0.1) is 0 Å². The first kappa shape index (κ1) is 17.6. The normalized spacial score (nSPS) is 12.6. The Hall–Kier alpha value is -1.80. The van der Waals surface area contributed by atoms with Crippen molar-refractivity contribution in [3.05, 3.63) is 47.3 Å². The predicted octanol–water partition coefficient (Wildman–Crippen LogP) is 2.47. The quantitative estimate of drug-likeness (QED) is 0.928. The van der Waals surface area contributed by atoms with Crippen molar-refractivity contribution in [2.75, 3.05) is 0 Å². The molecule has 0 aliphatic rings. The van der Waals surface area contributed by atoms with Crippen LogP contribution in [0.2, 0.25) is 0 Å². The number of rotatable bonds is 4. The summed E-state index contributed by atoms with van der Waals surface area (Å²) in [6.45, 7) is 5.04. The lowest BCUT2D eigenvalue weighted by Crippen LogP contribution is -2.27. The van der Waals surface area contributed by atoms with E-state index in [-0.39, 0.29) is 10.5 Å². The average molecular weight is 343 g/mol. The minimum Gasteiger partial charge on any atom is -0.274 e. The van der Waals surface area contributed by atoms with Crippen LogP contribution in [-0.4, -0.2) is 18.2 Å². The summed E-state index contributed by atoms with van der Waals surface area (Å²) in [4.78, 5) is 0.00393. The van der Waals surface area contributed by atoms with Crippen LogP contribution in [0.25, 0.3) is 0 Å². The number of sulfonamides is 1. The highest BCUT2D eigenvalue weighted by atomic mass is 32.2. The summed E-state index contributed by atoms with van der Waals surface area (Å²) in [5.74, 6) is -1.59. The molecule has 0 saturated heterocycles. The number of aryl methyl sites for hydroxylation is 1. The van der Waals surface area contributed by atoms with E-state index in [2.05, 4.69) is 9.82 Å². The lowest BCUT2D eigenvalue weighted by atomic mass is 9.92. The topological polar surface area (TPSA) is 64.0 Å². The summed E-state index contributed by atoms with van der Waals surface area (Å²) < 4.78 is 55.9. The molecule has 5 nitrogen and oxygen atoms in total. The summed E-state index contributed by atoms with van der Waals surface area (Å²) in [7, 11) is -2.34. The summed E-state index contributed by atoms with van der Waals surface area (Å²) >= 11 is 0. The van der Waals surface area contributed by atoms with Gasteiger partial charge in [0, 0.05) is 30.8 Å². The zero-order valence-electron chi connectivity index (χ0n) is 13.4. The van der Waals surface area contributed by atoms with Crippen LogP contribution in [-0.2, 0) is 29.0 Å². The van der Waals surface area contributed by atoms with Crippen molar-refractivity contribution in [3.63, 3.8) is 0 Å². The second-order valence-electron chi connectivity index (χ2n) is 6.29. The maximum Gasteiger partial charge on any atom is 0.244 e. The lowest BCUT2D eigenvalue weighted by Gasteiger charge is -2.17. The van der Waals surface area contributed by atoms with Gasteiger partial charge < -0.3 is 0 Å². The van der Waals surface area contributed by atoms with Crippen LogP contribution in [0.15, 0.2) is 29.3 Å². The zero-order chi connectivity index (χ0) is 17.4. The number of nitrogens with one attached hydrogen (secondary N) is 1. The van der Waals surface area contributed by atoms with Gasteiger partial charge in [0.05, 0.1) is 5.69 Å². The molecule has 0 radical (unpaired) electrons. The Balaban J connectivity index is 2.34. The van der Waals surface area contributed by atoms with E-state index in [1.807, 2.05) is 20.8 Å². The molecule has 23 heavy (non-hydrogen) atoms. The van der Waals surface area contributed by atoms with Gasteiger partial charge in [0.1, 0.15) is 16.5 Å². The van der Waals surface area contributed by atoms with Crippen molar-refractivity contribution in [1.82, 2.24) is 14.5 Å². The molecule has 8 heteroatoms. The van der Waals surface area contributed by atoms with Crippen LogP contribution in [0.5, 0.6) is 0 Å². The molecule has 1 N–H and O–H groups in total. The number of nitrogens with zero attached hydrogens (tertiary/aromatic N) is 2. The van der Waals surface area contributed by atoms with Crippen molar-refractivity contribution < 1.29 is 17.2 Å². The predicted molar refractivity (Wildman–Crippen MR) is 82.3 cm³/mol. The zero-order valence-corrected chi connectivity index (χ0v) is 14.2. The first-order valence-electron chi connectivity index (χ1n) is 6.99. The van der Waals surface area contributed by atoms with Gasteiger partial charge in [0.15, 0.2) is 0 Å². The fraction of sp³-hybridized carbons (Fsp3) is 0.400. The van der Waals surface area contributed by atoms with E-state index in [1.54, 1.807) is 7.05 Å². The summed E-state index contributed by atoms with van der Waals surface area (Å²) in [6, 6.07) is 3.39. The number of halogens is 2. The molecular formula is C15H19F2N3O2S. The van der Waals surface area contributed by atoms with E-state index in [0.29, 0.717) is 5.69 Å². The lowest BCUT2D eigenvalue weighted by molar-refractivity contribution is 0.530. The second-order valence-corrected chi connectivity index (χ2v) is 8.03. The van der Waals surface area contributed by atoms with Gasteiger partial charge >= 0.3 is 0 Å². The molecule has 2 rings (SSSR count). The Morgan fingerprint density at radius 1 is 1.22 bits per heavy atom. The molecule has 0 spiro atoms. The maximum absolute atomic E-state index is 13.6. The van der Waals surface area contributed by atoms with E-state index in [1.165, 1.54) is 16.9 Å². The number of hydrogen-bond acceptors (Lipinski definition) is 3. The van der Waals surface area contributed by atoms with Gasteiger partial charge in [-0.3, -0.25) is 4.68 Å². The van der Waals surface area contributed by atoms with E-state index in [0.717, 1.165) is 12.1 Å². The fourth-order valence-electron chi connectivity index (χ4n) is 2.13. The first-order valence-corrected chi connectivity index (χ1v) is 8.47. The molecule has 0 bridgehead atoms. The minimum atomic E-state index is -3.95. The van der Waals surface area contributed by atoms with Gasteiger partial charge in [-0.05, 0) is 12.1 Å². The van der Waals surface area contributed by atoms with Gasteiger partial charge in [-0.1, -0.05) is 26.8 Å². The second kappa shape index (κ2) is 6.01. The van der Waals surface area contributed by atoms with Crippen molar-refractivity contribution in [1.29, 1.82) is 0 Å². The van der Waals surface area contributed by atoms with Gasteiger partial charge in [0.25, 0.3) is 0 Å². The summed E-state index contributed by atoms with van der Waals surface area (Å²) in [5, 5.41) is 4.19. The van der Waals surface area contributed by atoms with Gasteiger partial charge in [0.2, 0.25) is 10.0 Å². The SMILES string of the molecule is Cn1cc(S(=O)(=O)NCc2c(F)cccc2F)c(C(C)(C)C)n1. The Labute approximate surface area is 134 Å². The third kappa shape index (κ3) is 3.76. The molecule has 0 amide bonds. The van der Waals surface area contributed by atoms with Crippen molar-refractivity contribution in [3.8, 4) is 0 Å². The van der Waals surface area contributed by atoms with Gasteiger partial charge in [-0.2, -0.15) is 5.10 Å². The number of hydrogen-bond donors (Lipinski definition) is 1. The molecule has 0 saturated carbocycles. The molecule has 1 heterocycles. The molecule has 0 fully saturated rings. The first-order chi connectivity index (χ1) is 10.5. The molecule has 2 aromatic rings. The molecule has 1 aromatic heterocycles. The monoisotopic (exact) mass is 343 g/mol. The van der Waals surface area contributed by atoms with E-state index < -0.39 is 33.6 Å². The van der Waals surface area contributed by atoms with E-state index >= 15 is 0 Å². The maximum atomic E-state index is 13.6. The van der Waals surface area contributed by atoms with Crippen LogP contribution in [0, 0.1) is 11.6 Å². The van der Waals surface area contributed by atoms with Crippen molar-refractivity contribution in [2.45, 2.75) is 37.6 Å². The van der Waals surface area contributed by atoms with Crippen molar-refractivity contribution >= 4 is 10.0 Å². The average Bonchev–Trinajstić information content (AvgIpc) is 2.81. The fourth-order valence-corrected chi connectivity index (χ4v) is 3.51. The number of aromatic nitrogens is 2. The molecule has 0 unspecified atom stereocenters. The number of benzene rings is 1. The Morgan fingerprint density at radius 3 is 2.30 bits per heavy atom. The van der Waals surface area contributed by atoms with Crippen LogP contribution in [0.1, 0.15) is 32.0 Å². The third-order valence-electron chi connectivity index (χ3n) is 3.30. The highest BCUT2D eigenvalue weighted by molar-refractivity contribution is 7.89. The summed E-state index contributed by atoms with van der Waals surface area (Å²) in [5.41, 5.74) is -0.423. The van der Waals surface area contributed by atoms with Crippen LogP contribution < -0.4 is 4.72 Å². The van der Waals surface area contributed by atoms with E-state index in [4.69, 9.17) is 0 Å². The molecular weight excluding hydrogens is 324 g/mol. The van der Waals surface area contributed by atoms with Crippen LogP contribution >= 0.6 is 0 Å². The minimum absolute atomic E-state index is 0.00393. The molecule has 0 aliphatic carbocycles. The third-order valence-corrected chi connectivity index (χ3v) is 4.70. The Morgan fingerprint density at radius 2 is 1.78 bits per heavy atom. The highest BCUT2D eigenvalue weighted by Gasteiger charge is 2.29. The molecule has 126 valence electrons. The standard InChI is InChI=1S/C15H19F2N3O2S/c1-15(2,3)14-13(9-20(4)19-14)23(21,22)18-8-10-11(16)6-5-7-12(10)17/h5-7,9,18H,8H2,1-4H3.